The lowest BCUT2D eigenvalue weighted by Crippen LogP contribution is -2.45. The highest BCUT2D eigenvalue weighted by Gasteiger charge is 2.50. The van der Waals surface area contributed by atoms with Crippen molar-refractivity contribution in [3.05, 3.63) is 34.4 Å². The summed E-state index contributed by atoms with van der Waals surface area (Å²) in [5, 5.41) is 11.1. The number of hydrogen-bond donors (Lipinski definition) is 1. The van der Waals surface area contributed by atoms with Crippen LogP contribution in [0.3, 0.4) is 0 Å². The Balaban J connectivity index is 1.91. The molecule has 23 heavy (non-hydrogen) atoms. The average Bonchev–Trinajstić information content (AvgIpc) is 3.07. The maximum absolute atomic E-state index is 12.7. The molecule has 0 radical (unpaired) electrons. The third kappa shape index (κ3) is 2.87. The quantitative estimate of drug-likeness (QED) is 0.660. The van der Waals surface area contributed by atoms with Crippen LogP contribution in [-0.4, -0.2) is 19.4 Å². The molecule has 7 heteroatoms. The zero-order valence-electron chi connectivity index (χ0n) is 13.3. The summed E-state index contributed by atoms with van der Waals surface area (Å²) in [6, 6.07) is 5.42. The molecule has 126 valence electrons. The highest BCUT2D eigenvalue weighted by atomic mass is 32.2. The summed E-state index contributed by atoms with van der Waals surface area (Å²) < 4.78 is 28.3. The van der Waals surface area contributed by atoms with Crippen molar-refractivity contribution in [2.45, 2.75) is 44.0 Å². The van der Waals surface area contributed by atoms with Gasteiger partial charge in [0.2, 0.25) is 10.0 Å². The molecule has 2 aliphatic carbocycles. The molecule has 0 aliphatic heterocycles. The van der Waals surface area contributed by atoms with Crippen molar-refractivity contribution in [2.75, 3.05) is 0 Å². The van der Waals surface area contributed by atoms with Crippen LogP contribution in [-0.2, 0) is 10.0 Å². The Morgan fingerprint density at radius 1 is 1.22 bits per heavy atom. The molecule has 0 saturated heterocycles. The van der Waals surface area contributed by atoms with E-state index < -0.39 is 14.9 Å². The van der Waals surface area contributed by atoms with Crippen molar-refractivity contribution in [1.29, 1.82) is 0 Å². The molecule has 0 amide bonds. The molecule has 1 aromatic rings. The molecule has 2 bridgehead atoms. The van der Waals surface area contributed by atoms with E-state index in [0.717, 1.165) is 19.3 Å². The molecule has 6 nitrogen and oxygen atoms in total. The first-order valence-electron chi connectivity index (χ1n) is 8.07. The molecule has 2 fully saturated rings. The van der Waals surface area contributed by atoms with Crippen LogP contribution in [0.4, 0.5) is 5.69 Å². The van der Waals surface area contributed by atoms with Gasteiger partial charge < -0.3 is 0 Å². The average molecular weight is 338 g/mol. The topological polar surface area (TPSA) is 89.3 Å². The van der Waals surface area contributed by atoms with Crippen molar-refractivity contribution in [3.63, 3.8) is 0 Å². The zero-order chi connectivity index (χ0) is 16.8. The second kappa shape index (κ2) is 5.87. The number of nitrogens with one attached hydrogen (secondary N) is 1. The predicted octanol–water partition coefficient (Wildman–Crippen LogP) is 2.94. The summed E-state index contributed by atoms with van der Waals surface area (Å²) in [5.74, 6) is 1.62. The van der Waals surface area contributed by atoms with Gasteiger partial charge in [0.15, 0.2) is 4.90 Å². The molecule has 0 unspecified atom stereocenters. The molecule has 2 aliphatic rings. The fourth-order valence-electron chi connectivity index (χ4n) is 4.55. The van der Waals surface area contributed by atoms with Gasteiger partial charge in [0, 0.05) is 12.1 Å². The second-order valence-electron chi connectivity index (χ2n) is 7.03. The molecule has 0 spiro atoms. The van der Waals surface area contributed by atoms with E-state index in [1.807, 2.05) is 0 Å². The van der Waals surface area contributed by atoms with Gasteiger partial charge in [-0.2, -0.15) is 0 Å². The standard InChI is InChI=1S/C16H22N2O4S/c1-10(2)15-11-7-8-12(9-11)16(15)17-23(21,22)14-6-4-3-5-13(14)18(19)20/h3-6,10-12,15-17H,7-9H2,1-2H3/t11-,12+,15+,16+/m0/s1. The maximum Gasteiger partial charge on any atom is 0.289 e. The smallest absolute Gasteiger partial charge is 0.258 e. The Morgan fingerprint density at radius 2 is 1.87 bits per heavy atom. The number of sulfonamides is 1. The molecule has 0 heterocycles. The lowest BCUT2D eigenvalue weighted by molar-refractivity contribution is -0.387. The van der Waals surface area contributed by atoms with Gasteiger partial charge in [-0.05, 0) is 49.0 Å². The summed E-state index contributed by atoms with van der Waals surface area (Å²) in [5.41, 5.74) is -0.371. The summed E-state index contributed by atoms with van der Waals surface area (Å²) in [7, 11) is -3.90. The van der Waals surface area contributed by atoms with E-state index in [2.05, 4.69) is 18.6 Å². The molecule has 1 N–H and O–H groups in total. The first kappa shape index (κ1) is 16.4. The van der Waals surface area contributed by atoms with Crippen molar-refractivity contribution < 1.29 is 13.3 Å². The number of nitro groups is 1. The van der Waals surface area contributed by atoms with Gasteiger partial charge in [-0.3, -0.25) is 10.1 Å². The van der Waals surface area contributed by atoms with Gasteiger partial charge in [-0.25, -0.2) is 13.1 Å². The highest BCUT2D eigenvalue weighted by molar-refractivity contribution is 7.89. The number of hydrogen-bond acceptors (Lipinski definition) is 4. The van der Waals surface area contributed by atoms with Crippen molar-refractivity contribution in [1.82, 2.24) is 4.72 Å². The minimum absolute atomic E-state index is 0.112. The number of fused-ring (bicyclic) bond motifs is 2. The summed E-state index contributed by atoms with van der Waals surface area (Å²) in [6.07, 6.45) is 3.27. The first-order chi connectivity index (χ1) is 10.8. The zero-order valence-corrected chi connectivity index (χ0v) is 14.1. The van der Waals surface area contributed by atoms with E-state index in [1.54, 1.807) is 0 Å². The Bertz CT molecular complexity index is 717. The minimum atomic E-state index is -3.90. The molecule has 1 aromatic carbocycles. The Kier molecular flexibility index (Phi) is 4.18. The summed E-state index contributed by atoms with van der Waals surface area (Å²) in [4.78, 5) is 10.2. The molecule has 0 aromatic heterocycles. The van der Waals surface area contributed by atoms with Gasteiger partial charge in [0.25, 0.3) is 5.69 Å². The van der Waals surface area contributed by atoms with E-state index in [4.69, 9.17) is 0 Å². The number of benzene rings is 1. The van der Waals surface area contributed by atoms with Crippen LogP contribution in [0.5, 0.6) is 0 Å². The van der Waals surface area contributed by atoms with E-state index in [-0.39, 0.29) is 16.6 Å². The Labute approximate surface area is 136 Å². The van der Waals surface area contributed by atoms with Gasteiger partial charge in [0.1, 0.15) is 0 Å². The molecule has 4 atom stereocenters. The van der Waals surface area contributed by atoms with Crippen LogP contribution in [0, 0.1) is 33.8 Å². The van der Waals surface area contributed by atoms with Crippen LogP contribution < -0.4 is 4.72 Å². The minimum Gasteiger partial charge on any atom is -0.258 e. The van der Waals surface area contributed by atoms with Crippen molar-refractivity contribution >= 4 is 15.7 Å². The SMILES string of the molecule is CC(C)[C@@H]1[C@H]2CC[C@H](C2)[C@H]1NS(=O)(=O)c1ccccc1[N+](=O)[O-]. The van der Waals surface area contributed by atoms with E-state index in [0.29, 0.717) is 23.7 Å². The Hall–Kier alpha value is -1.47. The van der Waals surface area contributed by atoms with Gasteiger partial charge in [-0.1, -0.05) is 26.0 Å². The normalized spacial score (nSPS) is 30.0. The second-order valence-corrected chi connectivity index (χ2v) is 8.71. The molecular weight excluding hydrogens is 316 g/mol. The van der Waals surface area contributed by atoms with Gasteiger partial charge in [0.05, 0.1) is 4.92 Å². The predicted molar refractivity (Wildman–Crippen MR) is 86.4 cm³/mol. The maximum atomic E-state index is 12.7. The van der Waals surface area contributed by atoms with Gasteiger partial charge in [-0.15, -0.1) is 0 Å². The largest absolute Gasteiger partial charge is 0.289 e. The molecule has 2 saturated carbocycles. The Morgan fingerprint density at radius 3 is 2.52 bits per heavy atom. The van der Waals surface area contributed by atoms with E-state index >= 15 is 0 Å². The number of nitro benzene ring substituents is 1. The first-order valence-corrected chi connectivity index (χ1v) is 9.55. The van der Waals surface area contributed by atoms with Crippen LogP contribution >= 0.6 is 0 Å². The van der Waals surface area contributed by atoms with Crippen molar-refractivity contribution in [2.24, 2.45) is 23.7 Å². The summed E-state index contributed by atoms with van der Waals surface area (Å²) >= 11 is 0. The highest BCUT2D eigenvalue weighted by Crippen LogP contribution is 2.51. The lowest BCUT2D eigenvalue weighted by atomic mass is 9.78. The van der Waals surface area contributed by atoms with E-state index in [9.17, 15) is 18.5 Å². The van der Waals surface area contributed by atoms with Gasteiger partial charge >= 0.3 is 0 Å². The van der Waals surface area contributed by atoms with Crippen LogP contribution in [0.1, 0.15) is 33.1 Å². The number of nitrogens with zero attached hydrogens (tertiary/aromatic N) is 1. The number of rotatable bonds is 5. The van der Waals surface area contributed by atoms with Crippen molar-refractivity contribution in [3.8, 4) is 0 Å². The third-order valence-corrected chi connectivity index (χ3v) is 6.90. The lowest BCUT2D eigenvalue weighted by Gasteiger charge is -2.34. The summed E-state index contributed by atoms with van der Waals surface area (Å²) in [6.45, 7) is 4.25. The fraction of sp³-hybridized carbons (Fsp3) is 0.625. The van der Waals surface area contributed by atoms with E-state index in [1.165, 1.54) is 24.3 Å². The number of para-hydroxylation sites is 1. The molecular formula is C16H22N2O4S. The van der Waals surface area contributed by atoms with Crippen LogP contribution in [0.2, 0.25) is 0 Å². The fourth-order valence-corrected chi connectivity index (χ4v) is 6.06. The molecule has 3 rings (SSSR count). The van der Waals surface area contributed by atoms with Crippen LogP contribution in [0.25, 0.3) is 0 Å². The third-order valence-electron chi connectivity index (χ3n) is 5.39. The monoisotopic (exact) mass is 338 g/mol. The van der Waals surface area contributed by atoms with Crippen LogP contribution in [0.15, 0.2) is 29.2 Å².